The average molecular weight is 224 g/mol. The molecule has 2 nitrogen and oxygen atoms in total. The van der Waals surface area contributed by atoms with E-state index in [-0.39, 0.29) is 0 Å². The molecule has 1 aliphatic heterocycles. The number of nitrogens with two attached hydrogens (primary N) is 1. The van der Waals surface area contributed by atoms with Gasteiger partial charge in [0.1, 0.15) is 0 Å². The zero-order valence-electron chi connectivity index (χ0n) is 10.8. The Bertz CT molecular complexity index is 205. The first-order valence-electron chi connectivity index (χ1n) is 7.25. The number of fused-ring (bicyclic) bond motifs is 1. The van der Waals surface area contributed by atoms with Crippen molar-refractivity contribution in [2.45, 2.75) is 57.9 Å². The molecule has 0 radical (unpaired) electrons. The SMILES string of the molecule is CC(CCCN)N1CCC2CCCCC2C1. The van der Waals surface area contributed by atoms with Crippen LogP contribution < -0.4 is 5.73 Å². The van der Waals surface area contributed by atoms with Crippen molar-refractivity contribution < 1.29 is 0 Å². The largest absolute Gasteiger partial charge is 0.330 e. The van der Waals surface area contributed by atoms with Gasteiger partial charge >= 0.3 is 0 Å². The maximum absolute atomic E-state index is 5.59. The smallest absolute Gasteiger partial charge is 0.00675 e. The van der Waals surface area contributed by atoms with Gasteiger partial charge in [0.25, 0.3) is 0 Å². The summed E-state index contributed by atoms with van der Waals surface area (Å²) in [5.41, 5.74) is 5.59. The summed E-state index contributed by atoms with van der Waals surface area (Å²) in [6.07, 6.45) is 9.90. The van der Waals surface area contributed by atoms with E-state index in [0.29, 0.717) is 0 Å². The third-order valence-electron chi connectivity index (χ3n) is 4.77. The van der Waals surface area contributed by atoms with Crippen molar-refractivity contribution >= 4 is 0 Å². The highest BCUT2D eigenvalue weighted by Gasteiger charge is 2.32. The fourth-order valence-corrected chi connectivity index (χ4v) is 3.63. The maximum atomic E-state index is 5.59. The summed E-state index contributed by atoms with van der Waals surface area (Å²) in [6.45, 7) is 5.95. The van der Waals surface area contributed by atoms with E-state index in [1.54, 1.807) is 0 Å². The van der Waals surface area contributed by atoms with Gasteiger partial charge < -0.3 is 10.6 Å². The van der Waals surface area contributed by atoms with Crippen LogP contribution >= 0.6 is 0 Å². The Morgan fingerprint density at radius 3 is 2.69 bits per heavy atom. The molecule has 1 aliphatic carbocycles. The molecule has 0 aromatic heterocycles. The summed E-state index contributed by atoms with van der Waals surface area (Å²) in [7, 11) is 0. The van der Waals surface area contributed by atoms with Gasteiger partial charge in [-0.1, -0.05) is 19.3 Å². The Hall–Kier alpha value is -0.0800. The summed E-state index contributed by atoms with van der Waals surface area (Å²) < 4.78 is 0. The van der Waals surface area contributed by atoms with E-state index < -0.39 is 0 Å². The molecule has 1 saturated heterocycles. The lowest BCUT2D eigenvalue weighted by Crippen LogP contribution is -2.45. The molecular weight excluding hydrogens is 196 g/mol. The zero-order chi connectivity index (χ0) is 11.4. The normalized spacial score (nSPS) is 33.4. The standard InChI is InChI=1S/C14H28N2/c1-12(5-4-9-15)16-10-8-13-6-2-3-7-14(13)11-16/h12-14H,2-11,15H2,1H3. The topological polar surface area (TPSA) is 29.3 Å². The molecule has 0 aromatic carbocycles. The number of rotatable bonds is 4. The van der Waals surface area contributed by atoms with Crippen LogP contribution in [0.15, 0.2) is 0 Å². The molecule has 2 fully saturated rings. The van der Waals surface area contributed by atoms with Crippen molar-refractivity contribution in [3.05, 3.63) is 0 Å². The molecule has 0 bridgehead atoms. The summed E-state index contributed by atoms with van der Waals surface area (Å²) in [5.74, 6) is 2.08. The summed E-state index contributed by atoms with van der Waals surface area (Å²) in [5, 5.41) is 0. The van der Waals surface area contributed by atoms with Crippen LogP contribution in [0, 0.1) is 11.8 Å². The number of nitrogens with zero attached hydrogens (tertiary/aromatic N) is 1. The fourth-order valence-electron chi connectivity index (χ4n) is 3.63. The van der Waals surface area contributed by atoms with Crippen molar-refractivity contribution in [1.82, 2.24) is 4.90 Å². The molecule has 2 heteroatoms. The molecular formula is C14H28N2. The van der Waals surface area contributed by atoms with Gasteiger partial charge in [-0.25, -0.2) is 0 Å². The Morgan fingerprint density at radius 2 is 1.94 bits per heavy atom. The predicted molar refractivity (Wildman–Crippen MR) is 69.4 cm³/mol. The van der Waals surface area contributed by atoms with Gasteiger partial charge in [0, 0.05) is 12.6 Å². The van der Waals surface area contributed by atoms with E-state index >= 15 is 0 Å². The van der Waals surface area contributed by atoms with E-state index in [2.05, 4.69) is 11.8 Å². The third kappa shape index (κ3) is 2.98. The molecule has 2 aliphatic rings. The lowest BCUT2D eigenvalue weighted by Gasteiger charge is -2.43. The van der Waals surface area contributed by atoms with E-state index in [9.17, 15) is 0 Å². The minimum Gasteiger partial charge on any atom is -0.330 e. The molecule has 1 heterocycles. The fraction of sp³-hybridized carbons (Fsp3) is 1.00. The number of hydrogen-bond acceptors (Lipinski definition) is 2. The molecule has 0 aromatic rings. The monoisotopic (exact) mass is 224 g/mol. The van der Waals surface area contributed by atoms with Crippen molar-refractivity contribution in [3.63, 3.8) is 0 Å². The van der Waals surface area contributed by atoms with Crippen LogP contribution in [0.25, 0.3) is 0 Å². The van der Waals surface area contributed by atoms with E-state index in [0.717, 1.165) is 24.4 Å². The Kier molecular flexibility index (Phi) is 4.66. The van der Waals surface area contributed by atoms with Crippen LogP contribution in [0.5, 0.6) is 0 Å². The van der Waals surface area contributed by atoms with Crippen molar-refractivity contribution in [2.24, 2.45) is 17.6 Å². The second kappa shape index (κ2) is 6.02. The minimum absolute atomic E-state index is 0.756. The highest BCUT2D eigenvalue weighted by molar-refractivity contribution is 4.85. The molecule has 3 atom stereocenters. The van der Waals surface area contributed by atoms with Crippen molar-refractivity contribution in [3.8, 4) is 0 Å². The van der Waals surface area contributed by atoms with Crippen LogP contribution in [-0.2, 0) is 0 Å². The summed E-state index contributed by atoms with van der Waals surface area (Å²) in [4.78, 5) is 2.72. The Labute approximate surface area is 101 Å². The maximum Gasteiger partial charge on any atom is 0.00675 e. The average Bonchev–Trinajstić information content (AvgIpc) is 2.35. The lowest BCUT2D eigenvalue weighted by molar-refractivity contribution is 0.0589. The Morgan fingerprint density at radius 1 is 1.19 bits per heavy atom. The van der Waals surface area contributed by atoms with Gasteiger partial charge in [0.05, 0.1) is 0 Å². The van der Waals surface area contributed by atoms with E-state index in [1.165, 1.54) is 58.0 Å². The quantitative estimate of drug-likeness (QED) is 0.795. The molecule has 2 rings (SSSR count). The minimum atomic E-state index is 0.756. The lowest BCUT2D eigenvalue weighted by atomic mass is 9.75. The van der Waals surface area contributed by atoms with Crippen molar-refractivity contribution in [2.75, 3.05) is 19.6 Å². The van der Waals surface area contributed by atoms with Crippen LogP contribution in [0.3, 0.4) is 0 Å². The number of hydrogen-bond donors (Lipinski definition) is 1. The van der Waals surface area contributed by atoms with E-state index in [1.807, 2.05) is 0 Å². The number of likely N-dealkylation sites (tertiary alicyclic amines) is 1. The number of piperidine rings is 1. The van der Waals surface area contributed by atoms with Gasteiger partial charge in [-0.2, -0.15) is 0 Å². The van der Waals surface area contributed by atoms with Gasteiger partial charge in [-0.3, -0.25) is 0 Å². The van der Waals surface area contributed by atoms with Gasteiger partial charge in [0.2, 0.25) is 0 Å². The van der Waals surface area contributed by atoms with Crippen LogP contribution in [0.4, 0.5) is 0 Å². The molecule has 0 amide bonds. The molecule has 3 unspecified atom stereocenters. The highest BCUT2D eigenvalue weighted by Crippen LogP contribution is 2.36. The molecule has 94 valence electrons. The molecule has 0 spiro atoms. The highest BCUT2D eigenvalue weighted by atomic mass is 15.2. The van der Waals surface area contributed by atoms with Crippen molar-refractivity contribution in [1.29, 1.82) is 0 Å². The van der Waals surface area contributed by atoms with E-state index in [4.69, 9.17) is 5.73 Å². The third-order valence-corrected chi connectivity index (χ3v) is 4.77. The van der Waals surface area contributed by atoms with Crippen LogP contribution in [0.1, 0.15) is 51.9 Å². The van der Waals surface area contributed by atoms with Gasteiger partial charge in [-0.05, 0) is 57.5 Å². The second-order valence-electron chi connectivity index (χ2n) is 5.87. The first-order chi connectivity index (χ1) is 7.81. The predicted octanol–water partition coefficient (Wildman–Crippen LogP) is 2.63. The molecule has 1 saturated carbocycles. The molecule has 16 heavy (non-hydrogen) atoms. The second-order valence-corrected chi connectivity index (χ2v) is 5.87. The Balaban J connectivity index is 1.79. The first kappa shape index (κ1) is 12.4. The van der Waals surface area contributed by atoms with Crippen LogP contribution in [0.2, 0.25) is 0 Å². The van der Waals surface area contributed by atoms with Gasteiger partial charge in [0.15, 0.2) is 0 Å². The first-order valence-corrected chi connectivity index (χ1v) is 7.25. The summed E-state index contributed by atoms with van der Waals surface area (Å²) >= 11 is 0. The summed E-state index contributed by atoms with van der Waals surface area (Å²) in [6, 6.07) is 0.756. The van der Waals surface area contributed by atoms with Gasteiger partial charge in [-0.15, -0.1) is 0 Å². The van der Waals surface area contributed by atoms with Crippen LogP contribution in [-0.4, -0.2) is 30.6 Å². The zero-order valence-corrected chi connectivity index (χ0v) is 10.8. The molecule has 2 N–H and O–H groups in total.